The molecule has 3 aliphatic heterocycles. The molecule has 29 heteroatoms. The molecule has 0 spiro atoms. The number of aromatic amines is 1. The molecule has 1 fully saturated rings. The maximum atomic E-state index is 13.4. The smallest absolute Gasteiger partial charge is 0.481 e. The number of imidazole rings is 1. The Morgan fingerprint density at radius 1 is 1.07 bits per heavy atom. The zero-order valence-electron chi connectivity index (χ0n) is 28.7. The molecule has 0 radical (unpaired) electrons. The molecule has 1 aromatic carbocycles. The third-order valence-electron chi connectivity index (χ3n) is 8.47. The second-order valence-corrected chi connectivity index (χ2v) is 17.5. The number of nitrogen functional groups attached to an aromatic ring is 1. The number of H-pyrrole nitrogens is 1. The summed E-state index contributed by atoms with van der Waals surface area (Å²) >= 11 is 0. The number of hydrogen-bond donors (Lipinski definition) is 8. The van der Waals surface area contributed by atoms with Gasteiger partial charge in [0.15, 0.2) is 39.0 Å². The number of aliphatic hydroxyl groups is 5. The molecule has 0 bridgehead atoms. The number of fused-ring (bicyclic) bond motifs is 3. The van der Waals surface area contributed by atoms with Crippen molar-refractivity contribution in [1.29, 1.82) is 0 Å². The van der Waals surface area contributed by atoms with Crippen molar-refractivity contribution in [2.24, 2.45) is 0 Å². The number of hydrogen-bond acceptors (Lipinski definition) is 22. The number of nitrogens with two attached hydrogens (primary N) is 1. The van der Waals surface area contributed by atoms with Crippen LogP contribution in [0.1, 0.15) is 11.8 Å². The van der Waals surface area contributed by atoms with Crippen LogP contribution < -0.4 is 21.9 Å². The van der Waals surface area contributed by atoms with Gasteiger partial charge in [-0.25, -0.2) is 42.0 Å². The van der Waals surface area contributed by atoms with Crippen molar-refractivity contribution in [1.82, 2.24) is 39.0 Å². The minimum Gasteiger partial charge on any atom is -0.756 e. The number of anilines is 1. The number of rotatable bonds is 14. The van der Waals surface area contributed by atoms with Crippen molar-refractivity contribution in [3.05, 3.63) is 51.2 Å². The van der Waals surface area contributed by atoms with Crippen molar-refractivity contribution >= 4 is 53.5 Å². The Kier molecular flexibility index (Phi) is 11.3. The molecular formula is C27H32N9O17P2S-. The summed E-state index contributed by atoms with van der Waals surface area (Å²) in [5.41, 5.74) is 3.61. The number of aryl methyl sites for hydroxylation is 1. The molecule has 0 amide bonds. The Morgan fingerprint density at radius 3 is 2.46 bits per heavy atom. The van der Waals surface area contributed by atoms with Gasteiger partial charge in [0.1, 0.15) is 48.5 Å². The van der Waals surface area contributed by atoms with Crippen LogP contribution in [-0.4, -0.2) is 134 Å². The topological polar surface area (TPSA) is 400 Å². The molecule has 6 rings (SSSR count). The largest absolute Gasteiger partial charge is 0.756 e. The van der Waals surface area contributed by atoms with E-state index in [0.717, 1.165) is 23.2 Å². The van der Waals surface area contributed by atoms with Crippen LogP contribution in [0.25, 0.3) is 33.7 Å². The third kappa shape index (κ3) is 8.41. The van der Waals surface area contributed by atoms with Crippen LogP contribution >= 0.6 is 15.6 Å². The second-order valence-electron chi connectivity index (χ2n) is 12.5. The van der Waals surface area contributed by atoms with Gasteiger partial charge in [-0.15, -0.1) is 0 Å². The average molecular weight is 849 g/mol. The number of sulfone groups is 1. The van der Waals surface area contributed by atoms with Crippen LogP contribution in [0.5, 0.6) is 0 Å². The Morgan fingerprint density at radius 2 is 1.79 bits per heavy atom. The number of nitrogens with one attached hydrogen (secondary N) is 1. The lowest BCUT2D eigenvalue weighted by molar-refractivity contribution is -0.213. The number of phosphoric ester groups is 1. The molecule has 56 heavy (non-hydrogen) atoms. The standard InChI is InChI=1S/C27H33N9O17P2S/c1-10-3-11-12(4-16(10)56(2,48)49)35(24-18(32-11)25(42)34-27(43)33-24)5-13(37)19(39)14(38)6-50-55(47,53-54(44,45)46)51-7-15-20(40)21(41)26(52-15)36-9-31-17-22(28)29-8-30-23(17)36/h3-4,8-9,13-15,19-21,26,37-41H,5-7H2,1-2H3,(H2,28,29,30)(H,34,42,43)(H2,44,45,46)/p-1. The fourth-order valence-corrected chi connectivity index (χ4v) is 8.95. The first-order chi connectivity index (χ1) is 26.1. The molecule has 1 saturated heterocycles. The summed E-state index contributed by atoms with van der Waals surface area (Å²) in [6.07, 6.45) is -9.93. The van der Waals surface area contributed by atoms with Gasteiger partial charge in [-0.1, -0.05) is 0 Å². The first-order valence-electron chi connectivity index (χ1n) is 15.8. The molecule has 26 nitrogen and oxygen atoms in total. The number of aromatic nitrogens is 8. The number of aliphatic hydroxyl groups excluding tert-OH is 5. The fourth-order valence-electron chi connectivity index (χ4n) is 5.86. The second kappa shape index (κ2) is 15.3. The van der Waals surface area contributed by atoms with Gasteiger partial charge in [0.25, 0.3) is 13.4 Å². The molecule has 9 unspecified atom stereocenters. The molecule has 3 aromatic rings. The van der Waals surface area contributed by atoms with Gasteiger partial charge < -0.3 is 50.4 Å². The minimum atomic E-state index is -5.94. The molecule has 9 atom stereocenters. The molecule has 2 aromatic heterocycles. The van der Waals surface area contributed by atoms with Crippen molar-refractivity contribution in [3.8, 4) is 11.5 Å². The van der Waals surface area contributed by atoms with Crippen molar-refractivity contribution in [2.75, 3.05) is 25.2 Å². The van der Waals surface area contributed by atoms with E-state index < -0.39 is 111 Å². The molecule has 304 valence electrons. The van der Waals surface area contributed by atoms with Gasteiger partial charge in [0, 0.05) is 6.26 Å². The van der Waals surface area contributed by atoms with E-state index in [0.29, 0.717) is 0 Å². The first kappa shape index (κ1) is 41.5. The van der Waals surface area contributed by atoms with Gasteiger partial charge in [0.05, 0.1) is 42.0 Å². The predicted octanol–water partition coefficient (Wildman–Crippen LogP) is -3.96. The van der Waals surface area contributed by atoms with E-state index in [9.17, 15) is 62.5 Å². The van der Waals surface area contributed by atoms with Crippen molar-refractivity contribution in [3.63, 3.8) is 0 Å². The summed E-state index contributed by atoms with van der Waals surface area (Å²) in [5.74, 6) is -0.458. The summed E-state index contributed by atoms with van der Waals surface area (Å²) in [4.78, 5) is 67.1. The average Bonchev–Trinajstić information content (AvgIpc) is 3.65. The van der Waals surface area contributed by atoms with Crippen LogP contribution in [0.4, 0.5) is 5.82 Å². The van der Waals surface area contributed by atoms with Crippen molar-refractivity contribution < 1.29 is 71.0 Å². The third-order valence-corrected chi connectivity index (χ3v) is 12.3. The summed E-state index contributed by atoms with van der Waals surface area (Å²) in [6, 6.07) is 2.44. The van der Waals surface area contributed by atoms with E-state index in [2.05, 4.69) is 29.2 Å². The maximum absolute atomic E-state index is 13.4. The summed E-state index contributed by atoms with van der Waals surface area (Å²) in [6.45, 7) is -1.73. The van der Waals surface area contributed by atoms with E-state index in [1.54, 1.807) is 0 Å². The van der Waals surface area contributed by atoms with Crippen LogP contribution in [0, 0.1) is 6.92 Å². The van der Waals surface area contributed by atoms with Crippen LogP contribution in [0.2, 0.25) is 0 Å². The van der Waals surface area contributed by atoms with Gasteiger partial charge in [-0.2, -0.15) is 4.98 Å². The quantitative estimate of drug-likeness (QED) is 0.0390. The van der Waals surface area contributed by atoms with Crippen molar-refractivity contribution in [2.45, 2.75) is 61.2 Å². The number of benzene rings is 1. The zero-order chi connectivity index (χ0) is 41.1. The minimum absolute atomic E-state index is 0.00689. The number of nitrogens with zero attached hydrogens (tertiary/aromatic N) is 7. The predicted molar refractivity (Wildman–Crippen MR) is 183 cm³/mol. The SMILES string of the molecule is Cc1cc2nc3c(=O)[nH]c(=O)nc-3n(CC(O)C(O)C(O)COP(=O)(OCC3OC(n4cnc5c(N)ncnc54)C(O)C3O)OP(=O)([O-])O)c2cc1S(C)(=O)=O. The fraction of sp³-hybridized carbons (Fsp3) is 0.444. The van der Waals surface area contributed by atoms with Crippen LogP contribution in [0.15, 0.2) is 39.3 Å². The summed E-state index contributed by atoms with van der Waals surface area (Å²) in [5, 5.41) is 53.9. The highest BCUT2D eigenvalue weighted by Crippen LogP contribution is 2.60. The van der Waals surface area contributed by atoms with Gasteiger partial charge in [0.2, 0.25) is 0 Å². The lowest BCUT2D eigenvalue weighted by Gasteiger charge is -2.28. The van der Waals surface area contributed by atoms with Crippen LogP contribution in [0.3, 0.4) is 0 Å². The Hall–Kier alpha value is -4.18. The van der Waals surface area contributed by atoms with Gasteiger partial charge in [-0.3, -0.25) is 28.0 Å². The highest BCUT2D eigenvalue weighted by atomic mass is 32.2. The molecule has 0 saturated carbocycles. The van der Waals surface area contributed by atoms with E-state index in [1.165, 1.54) is 23.9 Å². The lowest BCUT2D eigenvalue weighted by Crippen LogP contribution is -2.42. The zero-order valence-corrected chi connectivity index (χ0v) is 31.3. The Labute approximate surface area is 312 Å². The maximum Gasteiger partial charge on any atom is 0.481 e. The molecule has 3 aliphatic rings. The molecule has 9 N–H and O–H groups in total. The first-order valence-corrected chi connectivity index (χ1v) is 20.7. The van der Waals surface area contributed by atoms with E-state index in [1.807, 2.05) is 4.98 Å². The van der Waals surface area contributed by atoms with E-state index in [4.69, 9.17) is 19.5 Å². The van der Waals surface area contributed by atoms with Gasteiger partial charge in [-0.05, 0) is 24.6 Å². The summed E-state index contributed by atoms with van der Waals surface area (Å²) < 4.78 is 71.6. The molecular weight excluding hydrogens is 816 g/mol. The lowest BCUT2D eigenvalue weighted by atomic mass is 10.1. The summed E-state index contributed by atoms with van der Waals surface area (Å²) in [7, 11) is -15.3. The number of ether oxygens (including phenoxy) is 1. The monoisotopic (exact) mass is 848 g/mol. The Balaban J connectivity index is 1.19. The highest BCUT2D eigenvalue weighted by Gasteiger charge is 2.46. The molecule has 0 aliphatic carbocycles. The van der Waals surface area contributed by atoms with E-state index in [-0.39, 0.29) is 38.5 Å². The molecule has 5 heterocycles. The number of phosphoric acid groups is 2. The van der Waals surface area contributed by atoms with Gasteiger partial charge >= 0.3 is 13.5 Å². The Bertz CT molecular complexity index is 2600. The normalized spacial score (nSPS) is 22.9. The van der Waals surface area contributed by atoms with Crippen LogP contribution in [-0.2, 0) is 43.6 Å². The van der Waals surface area contributed by atoms with E-state index >= 15 is 0 Å². The highest BCUT2D eigenvalue weighted by molar-refractivity contribution is 7.90.